The van der Waals surface area contributed by atoms with Gasteiger partial charge in [0.05, 0.1) is 13.2 Å². The first kappa shape index (κ1) is 21.0. The number of halogens is 1. The summed E-state index contributed by atoms with van der Waals surface area (Å²) in [5, 5.41) is 0.330. The molecule has 1 amide bonds. The van der Waals surface area contributed by atoms with Crippen LogP contribution in [0.1, 0.15) is 17.5 Å². The van der Waals surface area contributed by atoms with Crippen LogP contribution in [0.5, 0.6) is 5.75 Å². The number of nitrogens with zero attached hydrogens (tertiary/aromatic N) is 2. The van der Waals surface area contributed by atoms with Gasteiger partial charge in [0, 0.05) is 30.7 Å². The average Bonchev–Trinajstić information content (AvgIpc) is 2.72. The Balaban J connectivity index is 1.37. The van der Waals surface area contributed by atoms with Crippen LogP contribution in [0.2, 0.25) is 5.15 Å². The van der Waals surface area contributed by atoms with Gasteiger partial charge in [-0.25, -0.2) is 4.98 Å². The molecule has 0 radical (unpaired) electrons. The van der Waals surface area contributed by atoms with Crippen LogP contribution in [-0.4, -0.2) is 54.0 Å². The number of morpholine rings is 1. The maximum atomic E-state index is 12.5. The molecule has 0 spiro atoms. The summed E-state index contributed by atoms with van der Waals surface area (Å²) < 4.78 is 11.4. The van der Waals surface area contributed by atoms with E-state index in [0.29, 0.717) is 43.6 Å². The molecule has 1 aliphatic heterocycles. The number of aromatic nitrogens is 1. The van der Waals surface area contributed by atoms with Crippen LogP contribution < -0.4 is 4.74 Å². The van der Waals surface area contributed by atoms with E-state index in [4.69, 9.17) is 21.1 Å². The molecule has 1 aromatic heterocycles. The van der Waals surface area contributed by atoms with Gasteiger partial charge in [-0.1, -0.05) is 41.4 Å². The van der Waals surface area contributed by atoms with Crippen LogP contribution >= 0.6 is 23.4 Å². The predicted octanol–water partition coefficient (Wildman–Crippen LogP) is 3.97. The molecule has 0 bridgehead atoms. The van der Waals surface area contributed by atoms with Crippen LogP contribution in [0, 0.1) is 6.92 Å². The van der Waals surface area contributed by atoms with Gasteiger partial charge in [-0.3, -0.25) is 4.79 Å². The van der Waals surface area contributed by atoms with Crippen molar-refractivity contribution in [3.8, 4) is 5.75 Å². The lowest BCUT2D eigenvalue weighted by Gasteiger charge is -2.33. The zero-order valence-electron chi connectivity index (χ0n) is 16.0. The number of thioether (sulfide) groups is 1. The molecule has 2 aromatic rings. The number of carbonyl (C=O) groups excluding carboxylic acids is 1. The zero-order chi connectivity index (χ0) is 19.8. The third-order valence-corrected chi connectivity index (χ3v) is 5.80. The molecular formula is C21H25ClN2O3S. The van der Waals surface area contributed by atoms with Crippen molar-refractivity contribution in [1.82, 2.24) is 9.88 Å². The molecule has 1 aliphatic rings. The van der Waals surface area contributed by atoms with Crippen molar-refractivity contribution < 1.29 is 14.3 Å². The van der Waals surface area contributed by atoms with Crippen molar-refractivity contribution in [1.29, 1.82) is 0 Å². The fourth-order valence-corrected chi connectivity index (χ4v) is 3.97. The van der Waals surface area contributed by atoms with Gasteiger partial charge in [-0.2, -0.15) is 11.8 Å². The van der Waals surface area contributed by atoms with Crippen LogP contribution in [0.4, 0.5) is 0 Å². The van der Waals surface area contributed by atoms with Crippen molar-refractivity contribution in [2.45, 2.75) is 25.2 Å². The topological polar surface area (TPSA) is 51.7 Å². The molecule has 3 rings (SSSR count). The first-order chi connectivity index (χ1) is 13.6. The highest BCUT2D eigenvalue weighted by molar-refractivity contribution is 7.98. The number of amides is 1. The van der Waals surface area contributed by atoms with E-state index in [0.717, 1.165) is 11.5 Å². The molecule has 28 heavy (non-hydrogen) atoms. The van der Waals surface area contributed by atoms with E-state index in [1.807, 2.05) is 4.90 Å². The maximum Gasteiger partial charge on any atom is 0.223 e. The highest BCUT2D eigenvalue weighted by atomic mass is 35.5. The molecule has 0 saturated carbocycles. The smallest absolute Gasteiger partial charge is 0.223 e. The van der Waals surface area contributed by atoms with Gasteiger partial charge in [0.1, 0.15) is 12.7 Å². The van der Waals surface area contributed by atoms with Gasteiger partial charge < -0.3 is 14.4 Å². The standard InChI is InChI=1S/C21H25ClN2O3S/c1-16-4-6-17(7-5-16)15-28-12-8-20(25)24-10-11-26-18(13-24)14-27-19-3-2-9-23-21(19)22/h2-7,9,18H,8,10-15H2,1H3. The summed E-state index contributed by atoms with van der Waals surface area (Å²) in [7, 11) is 0. The molecule has 1 atom stereocenters. The van der Waals surface area contributed by atoms with E-state index in [-0.39, 0.29) is 12.0 Å². The third-order valence-electron chi connectivity index (χ3n) is 4.49. The highest BCUT2D eigenvalue weighted by Gasteiger charge is 2.24. The number of ether oxygens (including phenoxy) is 2. The summed E-state index contributed by atoms with van der Waals surface area (Å²) >= 11 is 7.79. The van der Waals surface area contributed by atoms with E-state index in [9.17, 15) is 4.79 Å². The summed E-state index contributed by atoms with van der Waals surface area (Å²) in [4.78, 5) is 18.4. The van der Waals surface area contributed by atoms with Crippen molar-refractivity contribution in [2.24, 2.45) is 0 Å². The Kier molecular flexibility index (Phi) is 8.01. The van der Waals surface area contributed by atoms with Crippen molar-refractivity contribution in [3.05, 3.63) is 58.9 Å². The largest absolute Gasteiger partial charge is 0.488 e. The van der Waals surface area contributed by atoms with Crippen LogP contribution in [-0.2, 0) is 15.3 Å². The second-order valence-corrected chi connectivity index (χ2v) is 8.19. The lowest BCUT2D eigenvalue weighted by atomic mass is 10.2. The number of hydrogen-bond acceptors (Lipinski definition) is 5. The van der Waals surface area contributed by atoms with Crippen LogP contribution in [0.15, 0.2) is 42.6 Å². The minimum atomic E-state index is -0.158. The number of pyridine rings is 1. The Morgan fingerprint density at radius 3 is 2.96 bits per heavy atom. The quantitative estimate of drug-likeness (QED) is 0.477. The zero-order valence-corrected chi connectivity index (χ0v) is 17.5. The van der Waals surface area contributed by atoms with E-state index in [2.05, 4.69) is 36.2 Å². The number of benzene rings is 1. The van der Waals surface area contributed by atoms with Gasteiger partial charge in [-0.05, 0) is 24.6 Å². The summed E-state index contributed by atoms with van der Waals surface area (Å²) in [6.45, 7) is 4.13. The SMILES string of the molecule is Cc1ccc(CSCCC(=O)N2CCOC(COc3cccnc3Cl)C2)cc1. The molecule has 1 unspecified atom stereocenters. The van der Waals surface area contributed by atoms with Crippen molar-refractivity contribution in [2.75, 3.05) is 32.1 Å². The molecule has 5 nitrogen and oxygen atoms in total. The van der Waals surface area contributed by atoms with Crippen LogP contribution in [0.3, 0.4) is 0 Å². The maximum absolute atomic E-state index is 12.5. The normalized spacial score (nSPS) is 16.8. The molecule has 2 heterocycles. The number of aryl methyl sites for hydroxylation is 1. The average molecular weight is 421 g/mol. The first-order valence-corrected chi connectivity index (χ1v) is 10.9. The van der Waals surface area contributed by atoms with E-state index >= 15 is 0 Å². The second kappa shape index (κ2) is 10.7. The first-order valence-electron chi connectivity index (χ1n) is 9.38. The monoisotopic (exact) mass is 420 g/mol. The van der Waals surface area contributed by atoms with Gasteiger partial charge in [0.15, 0.2) is 10.9 Å². The van der Waals surface area contributed by atoms with Gasteiger partial charge in [0.25, 0.3) is 0 Å². The summed E-state index contributed by atoms with van der Waals surface area (Å²) in [5.41, 5.74) is 2.56. The molecule has 150 valence electrons. The lowest BCUT2D eigenvalue weighted by Crippen LogP contribution is -2.47. The van der Waals surface area contributed by atoms with Gasteiger partial charge in [-0.15, -0.1) is 0 Å². The fraction of sp³-hybridized carbons (Fsp3) is 0.429. The third kappa shape index (κ3) is 6.40. The Bertz CT molecular complexity index is 773. The van der Waals surface area contributed by atoms with E-state index in [1.54, 1.807) is 30.1 Å². The van der Waals surface area contributed by atoms with Gasteiger partial charge in [0.2, 0.25) is 5.91 Å². The minimum absolute atomic E-state index is 0.158. The minimum Gasteiger partial charge on any atom is -0.488 e. The Morgan fingerprint density at radius 1 is 1.36 bits per heavy atom. The Labute approximate surface area is 175 Å². The fourth-order valence-electron chi connectivity index (χ4n) is 2.90. The Morgan fingerprint density at radius 2 is 2.18 bits per heavy atom. The molecular weight excluding hydrogens is 396 g/mol. The predicted molar refractivity (Wildman–Crippen MR) is 113 cm³/mol. The molecule has 1 fully saturated rings. The summed E-state index contributed by atoms with van der Waals surface area (Å²) in [6.07, 6.45) is 2.00. The number of hydrogen-bond donors (Lipinski definition) is 0. The Hall–Kier alpha value is -1.76. The highest BCUT2D eigenvalue weighted by Crippen LogP contribution is 2.21. The number of carbonyl (C=O) groups is 1. The van der Waals surface area contributed by atoms with Crippen molar-refractivity contribution in [3.63, 3.8) is 0 Å². The summed E-state index contributed by atoms with van der Waals surface area (Å²) in [5.74, 6) is 2.45. The van der Waals surface area contributed by atoms with Gasteiger partial charge >= 0.3 is 0 Å². The van der Waals surface area contributed by atoms with Crippen LogP contribution in [0.25, 0.3) is 0 Å². The van der Waals surface area contributed by atoms with Crippen molar-refractivity contribution >= 4 is 29.3 Å². The molecule has 1 saturated heterocycles. The van der Waals surface area contributed by atoms with E-state index in [1.165, 1.54) is 11.1 Å². The summed E-state index contributed by atoms with van der Waals surface area (Å²) in [6, 6.07) is 12.1. The number of rotatable bonds is 8. The molecule has 1 aromatic carbocycles. The molecule has 0 N–H and O–H groups in total. The van der Waals surface area contributed by atoms with E-state index < -0.39 is 0 Å². The lowest BCUT2D eigenvalue weighted by molar-refractivity contribution is -0.139. The second-order valence-electron chi connectivity index (χ2n) is 6.72. The molecule has 7 heteroatoms. The molecule has 0 aliphatic carbocycles.